The summed E-state index contributed by atoms with van der Waals surface area (Å²) in [6, 6.07) is 8.40. The number of Topliss-reactive ketones (excluding diaryl/α,β-unsaturated/α-hetero) is 1. The lowest BCUT2D eigenvalue weighted by atomic mass is 10.1. The molecule has 1 fully saturated rings. The average molecular weight is 379 g/mol. The highest BCUT2D eigenvalue weighted by Gasteiger charge is 2.17. The normalized spacial score (nSPS) is 14.8. The molecule has 0 atom stereocenters. The van der Waals surface area contributed by atoms with Crippen LogP contribution in [0.3, 0.4) is 0 Å². The van der Waals surface area contributed by atoms with E-state index in [4.69, 9.17) is 0 Å². The molecule has 1 aromatic carbocycles. The molecule has 2 aromatic rings. The van der Waals surface area contributed by atoms with E-state index >= 15 is 0 Å². The molecule has 6 heteroatoms. The van der Waals surface area contributed by atoms with Gasteiger partial charge in [-0.1, -0.05) is 25.7 Å². The number of carbonyl (C=O) groups is 3. The molecular formula is C22H25N3O3. The summed E-state index contributed by atoms with van der Waals surface area (Å²) in [5, 5.41) is 5.82. The van der Waals surface area contributed by atoms with E-state index in [1.54, 1.807) is 30.3 Å². The van der Waals surface area contributed by atoms with Crippen LogP contribution in [-0.2, 0) is 0 Å². The fraction of sp³-hybridized carbons (Fsp3) is 0.364. The maximum atomic E-state index is 12.5. The number of aromatic nitrogens is 1. The predicted molar refractivity (Wildman–Crippen MR) is 108 cm³/mol. The Balaban J connectivity index is 1.65. The number of anilines is 1. The minimum absolute atomic E-state index is 0.0329. The van der Waals surface area contributed by atoms with Crippen molar-refractivity contribution in [1.29, 1.82) is 0 Å². The number of amides is 2. The summed E-state index contributed by atoms with van der Waals surface area (Å²) in [6.07, 6.45) is 9.60. The van der Waals surface area contributed by atoms with Crippen LogP contribution in [0, 0.1) is 0 Å². The molecule has 0 spiro atoms. The van der Waals surface area contributed by atoms with E-state index in [1.165, 1.54) is 32.2 Å². The second kappa shape index (κ2) is 9.26. The molecular weight excluding hydrogens is 354 g/mol. The zero-order valence-electron chi connectivity index (χ0n) is 16.0. The average Bonchev–Trinajstić information content (AvgIpc) is 2.97. The van der Waals surface area contributed by atoms with Crippen LogP contribution >= 0.6 is 0 Å². The van der Waals surface area contributed by atoms with Gasteiger partial charge in [-0.15, -0.1) is 0 Å². The lowest BCUT2D eigenvalue weighted by Gasteiger charge is -2.16. The fourth-order valence-corrected chi connectivity index (χ4v) is 3.37. The lowest BCUT2D eigenvalue weighted by molar-refractivity contribution is 0.0932. The molecule has 0 saturated heterocycles. The Labute approximate surface area is 164 Å². The molecule has 1 aromatic heterocycles. The molecule has 28 heavy (non-hydrogen) atoms. The zero-order valence-corrected chi connectivity index (χ0v) is 16.0. The Morgan fingerprint density at radius 1 is 0.857 bits per heavy atom. The van der Waals surface area contributed by atoms with E-state index in [-0.39, 0.29) is 23.6 Å². The first-order chi connectivity index (χ1) is 13.5. The Morgan fingerprint density at radius 3 is 2.07 bits per heavy atom. The molecule has 1 aliphatic rings. The van der Waals surface area contributed by atoms with Crippen LogP contribution in [0.1, 0.15) is 76.5 Å². The Bertz CT molecular complexity index is 854. The summed E-state index contributed by atoms with van der Waals surface area (Å²) in [6.45, 7) is 1.49. The van der Waals surface area contributed by atoms with Crippen molar-refractivity contribution in [2.45, 2.75) is 51.5 Å². The summed E-state index contributed by atoms with van der Waals surface area (Å²) in [5.74, 6) is -0.582. The van der Waals surface area contributed by atoms with Crippen molar-refractivity contribution < 1.29 is 14.4 Å². The van der Waals surface area contributed by atoms with Gasteiger partial charge in [0, 0.05) is 29.7 Å². The van der Waals surface area contributed by atoms with E-state index in [0.29, 0.717) is 22.4 Å². The van der Waals surface area contributed by atoms with Crippen LogP contribution in [0.5, 0.6) is 0 Å². The summed E-state index contributed by atoms with van der Waals surface area (Å²) >= 11 is 0. The largest absolute Gasteiger partial charge is 0.349 e. The Hall–Kier alpha value is -3.02. The Morgan fingerprint density at radius 2 is 1.46 bits per heavy atom. The molecule has 0 radical (unpaired) electrons. The predicted octanol–water partition coefficient (Wildman–Crippen LogP) is 3.99. The van der Waals surface area contributed by atoms with Crippen molar-refractivity contribution in [2.75, 3.05) is 5.32 Å². The minimum atomic E-state index is -0.354. The molecule has 1 saturated carbocycles. The molecule has 2 N–H and O–H groups in total. The maximum absolute atomic E-state index is 12.5. The van der Waals surface area contributed by atoms with Gasteiger partial charge in [-0.2, -0.15) is 0 Å². The van der Waals surface area contributed by atoms with Crippen molar-refractivity contribution in [3.63, 3.8) is 0 Å². The van der Waals surface area contributed by atoms with Gasteiger partial charge in [0.1, 0.15) is 0 Å². The van der Waals surface area contributed by atoms with Crippen LogP contribution in [0.4, 0.5) is 5.69 Å². The van der Waals surface area contributed by atoms with E-state index < -0.39 is 0 Å². The maximum Gasteiger partial charge on any atom is 0.257 e. The standard InChI is InChI=1S/C22H25N3O3/c1-15(26)16-8-10-20(11-9-16)25-22(28)18-12-17(13-23-14-18)21(27)24-19-6-4-2-3-5-7-19/h8-14,19H,2-7H2,1H3,(H,24,27)(H,25,28). The van der Waals surface area contributed by atoms with Gasteiger partial charge in [0.2, 0.25) is 0 Å². The second-order valence-electron chi connectivity index (χ2n) is 7.21. The molecule has 1 heterocycles. The van der Waals surface area contributed by atoms with Gasteiger partial charge in [0.05, 0.1) is 11.1 Å². The number of rotatable bonds is 5. The van der Waals surface area contributed by atoms with Crippen molar-refractivity contribution >= 4 is 23.3 Å². The lowest BCUT2D eigenvalue weighted by Crippen LogP contribution is -2.34. The second-order valence-corrected chi connectivity index (χ2v) is 7.21. The van der Waals surface area contributed by atoms with Gasteiger partial charge in [-0.05, 0) is 50.1 Å². The highest BCUT2D eigenvalue weighted by Crippen LogP contribution is 2.18. The molecule has 0 bridgehead atoms. The molecule has 1 aliphatic carbocycles. The van der Waals surface area contributed by atoms with E-state index in [9.17, 15) is 14.4 Å². The van der Waals surface area contributed by atoms with Gasteiger partial charge < -0.3 is 10.6 Å². The smallest absolute Gasteiger partial charge is 0.257 e. The third-order valence-electron chi connectivity index (χ3n) is 5.00. The van der Waals surface area contributed by atoms with E-state index in [2.05, 4.69) is 15.6 Å². The topological polar surface area (TPSA) is 88.2 Å². The van der Waals surface area contributed by atoms with Crippen molar-refractivity contribution in [2.24, 2.45) is 0 Å². The monoisotopic (exact) mass is 379 g/mol. The van der Waals surface area contributed by atoms with Crippen molar-refractivity contribution in [3.8, 4) is 0 Å². The van der Waals surface area contributed by atoms with E-state index in [1.807, 2.05) is 0 Å². The summed E-state index contributed by atoms with van der Waals surface area (Å²) < 4.78 is 0. The van der Waals surface area contributed by atoms with Gasteiger partial charge in [0.15, 0.2) is 5.78 Å². The summed E-state index contributed by atoms with van der Waals surface area (Å²) in [7, 11) is 0. The first-order valence-corrected chi connectivity index (χ1v) is 9.71. The highest BCUT2D eigenvalue weighted by molar-refractivity contribution is 6.06. The molecule has 3 rings (SSSR count). The van der Waals surface area contributed by atoms with Crippen LogP contribution in [-0.4, -0.2) is 28.6 Å². The number of pyridine rings is 1. The van der Waals surface area contributed by atoms with Crippen molar-refractivity contribution in [1.82, 2.24) is 10.3 Å². The zero-order chi connectivity index (χ0) is 19.9. The van der Waals surface area contributed by atoms with Crippen LogP contribution in [0.25, 0.3) is 0 Å². The number of hydrogen-bond donors (Lipinski definition) is 2. The van der Waals surface area contributed by atoms with Gasteiger partial charge in [-0.25, -0.2) is 0 Å². The number of nitrogens with one attached hydrogen (secondary N) is 2. The molecule has 146 valence electrons. The van der Waals surface area contributed by atoms with Gasteiger partial charge in [0.25, 0.3) is 11.8 Å². The number of carbonyl (C=O) groups excluding carboxylic acids is 3. The minimum Gasteiger partial charge on any atom is -0.349 e. The number of ketones is 1. The molecule has 0 unspecified atom stereocenters. The summed E-state index contributed by atoms with van der Waals surface area (Å²) in [5.41, 5.74) is 1.84. The highest BCUT2D eigenvalue weighted by atomic mass is 16.2. The third kappa shape index (κ3) is 5.25. The molecule has 2 amide bonds. The SMILES string of the molecule is CC(=O)c1ccc(NC(=O)c2cncc(C(=O)NC3CCCCCC3)c2)cc1. The first-order valence-electron chi connectivity index (χ1n) is 9.71. The van der Waals surface area contributed by atoms with Crippen molar-refractivity contribution in [3.05, 3.63) is 59.4 Å². The van der Waals surface area contributed by atoms with Gasteiger partial charge >= 0.3 is 0 Å². The number of nitrogens with zero attached hydrogens (tertiary/aromatic N) is 1. The Kier molecular flexibility index (Phi) is 6.53. The quantitative estimate of drug-likeness (QED) is 0.607. The number of benzene rings is 1. The van der Waals surface area contributed by atoms with Crippen LogP contribution in [0.2, 0.25) is 0 Å². The summed E-state index contributed by atoms with van der Waals surface area (Å²) in [4.78, 5) is 40.4. The molecule has 0 aliphatic heterocycles. The third-order valence-corrected chi connectivity index (χ3v) is 5.00. The first kappa shape index (κ1) is 19.7. The van der Waals surface area contributed by atoms with E-state index in [0.717, 1.165) is 25.7 Å². The van der Waals surface area contributed by atoms with Crippen LogP contribution in [0.15, 0.2) is 42.7 Å². The number of hydrogen-bond acceptors (Lipinski definition) is 4. The van der Waals surface area contributed by atoms with Crippen LogP contribution < -0.4 is 10.6 Å². The van der Waals surface area contributed by atoms with Gasteiger partial charge in [-0.3, -0.25) is 19.4 Å². The molecule has 6 nitrogen and oxygen atoms in total. The fourth-order valence-electron chi connectivity index (χ4n) is 3.37.